The van der Waals surface area contributed by atoms with Crippen LogP contribution in [-0.4, -0.2) is 38.2 Å². The van der Waals surface area contributed by atoms with Crippen LogP contribution in [0.5, 0.6) is 0 Å². The summed E-state index contributed by atoms with van der Waals surface area (Å²) >= 11 is 0.392. The number of hydrogen-bond donors (Lipinski definition) is 0. The average Bonchev–Trinajstić information content (AvgIpc) is 2.31. The van der Waals surface area contributed by atoms with Crippen molar-refractivity contribution in [3.05, 3.63) is 0 Å². The fraction of sp³-hybridized carbons (Fsp3) is 0.714. The molecule has 1 rings (SSSR count). The van der Waals surface area contributed by atoms with E-state index in [0.717, 1.165) is 9.93 Å². The molecular formula is C7H11NO2Se. The van der Waals surface area contributed by atoms with Crippen LogP contribution < -0.4 is 0 Å². The first-order chi connectivity index (χ1) is 5.08. The van der Waals surface area contributed by atoms with Crippen molar-refractivity contribution in [3.8, 4) is 0 Å². The van der Waals surface area contributed by atoms with Gasteiger partial charge in [0.25, 0.3) is 0 Å². The summed E-state index contributed by atoms with van der Waals surface area (Å²) in [5.41, 5.74) is -0.571. The van der Waals surface area contributed by atoms with E-state index in [2.05, 4.69) is 9.73 Å². The number of rotatable bonds is 1. The molecule has 0 amide bonds. The summed E-state index contributed by atoms with van der Waals surface area (Å²) in [6.45, 7) is 3.80. The number of esters is 1. The first kappa shape index (κ1) is 8.75. The van der Waals surface area contributed by atoms with Crippen molar-refractivity contribution in [1.82, 2.24) is 0 Å². The Hall–Kier alpha value is -0.341. The van der Waals surface area contributed by atoms with Gasteiger partial charge in [0.05, 0.1) is 0 Å². The van der Waals surface area contributed by atoms with Crippen molar-refractivity contribution in [2.45, 2.75) is 24.7 Å². The molecule has 11 heavy (non-hydrogen) atoms. The Morgan fingerprint density at radius 2 is 2.45 bits per heavy atom. The number of hydrogen-bond acceptors (Lipinski definition) is 3. The Morgan fingerprint density at radius 1 is 1.82 bits per heavy atom. The van der Waals surface area contributed by atoms with E-state index in [1.165, 1.54) is 7.11 Å². The van der Waals surface area contributed by atoms with Gasteiger partial charge in [0.2, 0.25) is 0 Å². The molecule has 1 unspecified atom stereocenters. The van der Waals surface area contributed by atoms with Crippen molar-refractivity contribution in [2.24, 2.45) is 4.99 Å². The van der Waals surface area contributed by atoms with Gasteiger partial charge in [-0.2, -0.15) is 0 Å². The van der Waals surface area contributed by atoms with Gasteiger partial charge in [0.15, 0.2) is 0 Å². The number of methoxy groups -OCH3 is 1. The summed E-state index contributed by atoms with van der Waals surface area (Å²) in [7, 11) is 1.41. The van der Waals surface area contributed by atoms with Gasteiger partial charge in [-0.15, -0.1) is 0 Å². The fourth-order valence-corrected chi connectivity index (χ4v) is 2.95. The van der Waals surface area contributed by atoms with Crippen molar-refractivity contribution in [3.63, 3.8) is 0 Å². The van der Waals surface area contributed by atoms with E-state index >= 15 is 0 Å². The normalized spacial score (nSPS) is 29.9. The van der Waals surface area contributed by atoms with Crippen LogP contribution in [0.2, 0.25) is 5.32 Å². The zero-order valence-electron chi connectivity index (χ0n) is 6.88. The summed E-state index contributed by atoms with van der Waals surface area (Å²) in [5, 5.41) is 0.846. The molecule has 1 aliphatic heterocycles. The Kier molecular flexibility index (Phi) is 2.35. The molecule has 3 nitrogen and oxygen atoms in total. The molecule has 0 aliphatic carbocycles. The maximum atomic E-state index is 11.2. The van der Waals surface area contributed by atoms with E-state index in [9.17, 15) is 4.79 Å². The number of carbonyl (C=O) groups excluding carboxylic acids is 1. The van der Waals surface area contributed by atoms with Gasteiger partial charge < -0.3 is 0 Å². The predicted octanol–water partition coefficient (Wildman–Crippen LogP) is 0.473. The second-order valence-electron chi connectivity index (χ2n) is 2.68. The molecular weight excluding hydrogens is 209 g/mol. The molecule has 0 aromatic heterocycles. The zero-order valence-corrected chi connectivity index (χ0v) is 8.59. The summed E-state index contributed by atoms with van der Waals surface area (Å²) in [5.74, 6) is -0.212. The fourth-order valence-electron chi connectivity index (χ4n) is 0.981. The van der Waals surface area contributed by atoms with Gasteiger partial charge in [0, 0.05) is 0 Å². The average molecular weight is 220 g/mol. The minimum atomic E-state index is -0.571. The van der Waals surface area contributed by atoms with Crippen molar-refractivity contribution >= 4 is 25.5 Å². The number of aliphatic imine (C=N–C) groups is 1. The second-order valence-corrected chi connectivity index (χ2v) is 5.14. The van der Waals surface area contributed by atoms with Crippen LogP contribution in [0.15, 0.2) is 4.99 Å². The molecule has 1 heterocycles. The molecule has 0 spiro atoms. The molecule has 4 heteroatoms. The van der Waals surface area contributed by atoms with E-state index < -0.39 is 5.54 Å². The van der Waals surface area contributed by atoms with Gasteiger partial charge in [-0.1, -0.05) is 0 Å². The first-order valence-corrected chi connectivity index (χ1v) is 5.43. The van der Waals surface area contributed by atoms with E-state index in [1.54, 1.807) is 0 Å². The molecule has 0 saturated heterocycles. The molecule has 0 radical (unpaired) electrons. The van der Waals surface area contributed by atoms with E-state index in [0.29, 0.717) is 15.0 Å². The molecule has 1 aliphatic rings. The number of ether oxygens (including phenoxy) is 1. The minimum absolute atomic E-state index is 0.212. The summed E-state index contributed by atoms with van der Waals surface area (Å²) in [6, 6.07) is 0. The third kappa shape index (κ3) is 1.63. The molecule has 1 atom stereocenters. The monoisotopic (exact) mass is 221 g/mol. The first-order valence-electron chi connectivity index (χ1n) is 3.36. The Morgan fingerprint density at radius 3 is 2.82 bits per heavy atom. The van der Waals surface area contributed by atoms with E-state index in [4.69, 9.17) is 0 Å². The van der Waals surface area contributed by atoms with Crippen molar-refractivity contribution in [2.75, 3.05) is 7.11 Å². The van der Waals surface area contributed by atoms with Crippen LogP contribution in [0.4, 0.5) is 0 Å². The molecule has 0 aromatic carbocycles. The topological polar surface area (TPSA) is 38.7 Å². The van der Waals surface area contributed by atoms with Gasteiger partial charge in [0.1, 0.15) is 0 Å². The quantitative estimate of drug-likeness (QED) is 0.476. The van der Waals surface area contributed by atoms with Crippen LogP contribution in [0.3, 0.4) is 0 Å². The number of nitrogens with zero attached hydrogens (tertiary/aromatic N) is 1. The Labute approximate surface area is 72.4 Å². The molecule has 0 fully saturated rings. The Bertz CT molecular complexity index is 214. The SMILES string of the molecule is COC(=O)C1(C)C[Se]C(C)=N1. The van der Waals surface area contributed by atoms with Gasteiger partial charge in [-0.3, -0.25) is 0 Å². The zero-order chi connectivity index (χ0) is 8.48. The van der Waals surface area contributed by atoms with Crippen LogP contribution in [0, 0.1) is 0 Å². The summed E-state index contributed by atoms with van der Waals surface area (Å²) < 4.78 is 5.75. The standard InChI is InChI=1S/C7H11NO2Se/c1-5-8-7(2,4-11-5)6(9)10-3/h4H2,1-3H3. The van der Waals surface area contributed by atoms with Crippen LogP contribution >= 0.6 is 0 Å². The molecule has 62 valence electrons. The van der Waals surface area contributed by atoms with Gasteiger partial charge >= 0.3 is 71.9 Å². The second kappa shape index (κ2) is 2.95. The third-order valence-corrected chi connectivity index (χ3v) is 4.14. The predicted molar refractivity (Wildman–Crippen MR) is 44.1 cm³/mol. The third-order valence-electron chi connectivity index (χ3n) is 1.59. The number of carbonyl (C=O) groups is 1. The van der Waals surface area contributed by atoms with Crippen molar-refractivity contribution < 1.29 is 9.53 Å². The summed E-state index contributed by atoms with van der Waals surface area (Å²) in [6.07, 6.45) is 0. The van der Waals surface area contributed by atoms with E-state index in [-0.39, 0.29) is 5.97 Å². The molecule has 0 bridgehead atoms. The van der Waals surface area contributed by atoms with Crippen LogP contribution in [0.25, 0.3) is 0 Å². The van der Waals surface area contributed by atoms with Crippen LogP contribution in [0.1, 0.15) is 13.8 Å². The van der Waals surface area contributed by atoms with E-state index in [1.807, 2.05) is 13.8 Å². The molecule has 0 aromatic rings. The summed E-state index contributed by atoms with van der Waals surface area (Å²) in [4.78, 5) is 15.4. The maximum absolute atomic E-state index is 11.2. The molecule has 0 N–H and O–H groups in total. The Balaban J connectivity index is 2.77. The van der Waals surface area contributed by atoms with Gasteiger partial charge in [-0.05, 0) is 0 Å². The molecule has 0 saturated carbocycles. The van der Waals surface area contributed by atoms with Gasteiger partial charge in [-0.25, -0.2) is 0 Å². The van der Waals surface area contributed by atoms with Crippen LogP contribution in [-0.2, 0) is 9.53 Å². The van der Waals surface area contributed by atoms with Crippen molar-refractivity contribution in [1.29, 1.82) is 0 Å².